The minimum absolute atomic E-state index is 0.157. The van der Waals surface area contributed by atoms with Gasteiger partial charge in [0.2, 0.25) is 0 Å². The minimum Gasteiger partial charge on any atom is -0.444 e. The fraction of sp³-hybridized carbons (Fsp3) is 0.750. The Hall–Kier alpha value is -1.67. The summed E-state index contributed by atoms with van der Waals surface area (Å²) in [6.07, 6.45) is 1.16. The zero-order valence-corrected chi connectivity index (χ0v) is 11.9. The Kier molecular flexibility index (Phi) is 4.24. The Morgan fingerprint density at radius 3 is 2.95 bits per heavy atom. The van der Waals surface area contributed by atoms with Gasteiger partial charge in [-0.05, 0) is 20.8 Å². The van der Waals surface area contributed by atoms with Crippen molar-refractivity contribution in [2.45, 2.75) is 45.1 Å². The molecule has 20 heavy (non-hydrogen) atoms. The van der Waals surface area contributed by atoms with E-state index in [1.165, 1.54) is 0 Å². The maximum Gasteiger partial charge on any atom is 0.408 e. The largest absolute Gasteiger partial charge is 0.444 e. The highest BCUT2D eigenvalue weighted by Crippen LogP contribution is 2.19. The number of aromatic nitrogens is 3. The highest BCUT2D eigenvalue weighted by molar-refractivity contribution is 5.68. The molecule has 2 rings (SSSR count). The van der Waals surface area contributed by atoms with E-state index in [0.717, 1.165) is 0 Å². The van der Waals surface area contributed by atoms with E-state index >= 15 is 0 Å². The van der Waals surface area contributed by atoms with Crippen molar-refractivity contribution < 1.29 is 19.4 Å². The molecular weight excluding hydrogens is 264 g/mol. The van der Waals surface area contributed by atoms with Crippen LogP contribution in [-0.4, -0.2) is 51.1 Å². The van der Waals surface area contributed by atoms with Gasteiger partial charge in [0.05, 0.1) is 38.1 Å². The molecule has 1 amide bonds. The van der Waals surface area contributed by atoms with Gasteiger partial charge in [0.15, 0.2) is 0 Å². The topological polar surface area (TPSA) is 98.5 Å². The zero-order chi connectivity index (χ0) is 14.8. The van der Waals surface area contributed by atoms with Crippen molar-refractivity contribution in [2.75, 3.05) is 13.2 Å². The summed E-state index contributed by atoms with van der Waals surface area (Å²) in [7, 11) is 0. The van der Waals surface area contributed by atoms with E-state index in [1.807, 2.05) is 0 Å². The Balaban J connectivity index is 1.98. The Morgan fingerprint density at radius 2 is 2.35 bits per heavy atom. The molecule has 0 radical (unpaired) electrons. The molecule has 112 valence electrons. The molecule has 0 aliphatic carbocycles. The molecule has 1 aliphatic heterocycles. The second kappa shape index (κ2) is 5.76. The average Bonchev–Trinajstić information content (AvgIpc) is 2.93. The maximum atomic E-state index is 11.8. The summed E-state index contributed by atoms with van der Waals surface area (Å²) in [5, 5.41) is 19.5. The summed E-state index contributed by atoms with van der Waals surface area (Å²) in [5.41, 5.74) is -0.0657. The number of amides is 1. The summed E-state index contributed by atoms with van der Waals surface area (Å²) in [6.45, 7) is 6.06. The Morgan fingerprint density at radius 1 is 1.60 bits per heavy atom. The molecule has 0 bridgehead atoms. The lowest BCUT2D eigenvalue weighted by atomic mass is 10.2. The van der Waals surface area contributed by atoms with Crippen LogP contribution < -0.4 is 5.32 Å². The van der Waals surface area contributed by atoms with Crippen molar-refractivity contribution in [1.29, 1.82) is 0 Å². The molecule has 2 atom stereocenters. The number of nitrogens with one attached hydrogen (secondary N) is 1. The molecule has 2 N–H and O–H groups in total. The van der Waals surface area contributed by atoms with Crippen molar-refractivity contribution in [1.82, 2.24) is 20.3 Å². The van der Waals surface area contributed by atoms with E-state index in [1.54, 1.807) is 31.6 Å². The van der Waals surface area contributed by atoms with Crippen LogP contribution >= 0.6 is 0 Å². The summed E-state index contributed by atoms with van der Waals surface area (Å²) in [5.74, 6) is 0. The van der Waals surface area contributed by atoms with Crippen LogP contribution in [0.25, 0.3) is 0 Å². The number of hydrogen-bond donors (Lipinski definition) is 2. The molecule has 1 aliphatic rings. The summed E-state index contributed by atoms with van der Waals surface area (Å²) in [6, 6.07) is -0.395. The molecule has 0 saturated carbocycles. The van der Waals surface area contributed by atoms with Crippen LogP contribution in [0.5, 0.6) is 0 Å². The third-order valence-corrected chi connectivity index (χ3v) is 2.81. The van der Waals surface area contributed by atoms with Gasteiger partial charge in [-0.2, -0.15) is 0 Å². The minimum atomic E-state index is -0.545. The second-order valence-corrected chi connectivity index (χ2v) is 5.71. The normalized spacial score (nSPS) is 22.8. The fourth-order valence-electron chi connectivity index (χ4n) is 1.95. The molecule has 1 aromatic heterocycles. The number of ether oxygens (including phenoxy) is 2. The highest BCUT2D eigenvalue weighted by atomic mass is 16.6. The van der Waals surface area contributed by atoms with E-state index in [-0.39, 0.29) is 18.7 Å². The number of nitrogens with zero attached hydrogens (tertiary/aromatic N) is 3. The van der Waals surface area contributed by atoms with Crippen molar-refractivity contribution in [2.24, 2.45) is 0 Å². The molecule has 8 nitrogen and oxygen atoms in total. The van der Waals surface area contributed by atoms with Crippen LogP contribution in [0.15, 0.2) is 6.20 Å². The predicted molar refractivity (Wildman–Crippen MR) is 69.0 cm³/mol. The molecule has 0 unspecified atom stereocenters. The van der Waals surface area contributed by atoms with Gasteiger partial charge in [-0.15, -0.1) is 5.10 Å². The molecule has 1 aromatic rings. The van der Waals surface area contributed by atoms with Crippen LogP contribution in [0.1, 0.15) is 32.5 Å². The molecule has 8 heteroatoms. The van der Waals surface area contributed by atoms with Crippen LogP contribution in [0.2, 0.25) is 0 Å². The number of carbonyl (C=O) groups is 1. The smallest absolute Gasteiger partial charge is 0.408 e. The summed E-state index contributed by atoms with van der Waals surface area (Å²) >= 11 is 0. The first kappa shape index (κ1) is 14.7. The third-order valence-electron chi connectivity index (χ3n) is 2.81. The number of rotatable bonds is 3. The van der Waals surface area contributed by atoms with Gasteiger partial charge in [0.25, 0.3) is 0 Å². The number of aliphatic hydroxyl groups excluding tert-OH is 1. The van der Waals surface area contributed by atoms with Crippen molar-refractivity contribution >= 4 is 6.09 Å². The SMILES string of the molecule is CC(C)(C)OC(=O)N[C@@H]1COC[C@@H]1n1cc(CO)nn1. The Labute approximate surface area is 117 Å². The van der Waals surface area contributed by atoms with Crippen LogP contribution in [0, 0.1) is 0 Å². The first-order valence-corrected chi connectivity index (χ1v) is 6.48. The quantitative estimate of drug-likeness (QED) is 0.824. The second-order valence-electron chi connectivity index (χ2n) is 5.71. The molecule has 0 aromatic carbocycles. The number of hydrogen-bond acceptors (Lipinski definition) is 6. The van der Waals surface area contributed by atoms with Gasteiger partial charge in [0.1, 0.15) is 11.3 Å². The van der Waals surface area contributed by atoms with Gasteiger partial charge < -0.3 is 19.9 Å². The van der Waals surface area contributed by atoms with Gasteiger partial charge in [-0.25, -0.2) is 9.48 Å². The van der Waals surface area contributed by atoms with Gasteiger partial charge in [-0.3, -0.25) is 0 Å². The first-order valence-electron chi connectivity index (χ1n) is 6.48. The lowest BCUT2D eigenvalue weighted by Gasteiger charge is -2.23. The van der Waals surface area contributed by atoms with E-state index in [9.17, 15) is 4.79 Å². The van der Waals surface area contributed by atoms with Crippen LogP contribution in [0.3, 0.4) is 0 Å². The molecular formula is C12H20N4O4. The van der Waals surface area contributed by atoms with Gasteiger partial charge in [-0.1, -0.05) is 5.21 Å². The maximum absolute atomic E-state index is 11.8. The molecule has 2 heterocycles. The van der Waals surface area contributed by atoms with Crippen LogP contribution in [0.4, 0.5) is 4.79 Å². The van der Waals surface area contributed by atoms with E-state index in [0.29, 0.717) is 18.9 Å². The van der Waals surface area contributed by atoms with Gasteiger partial charge >= 0.3 is 6.09 Å². The number of aliphatic hydroxyl groups is 1. The molecule has 1 fully saturated rings. The number of carbonyl (C=O) groups excluding carboxylic acids is 1. The average molecular weight is 284 g/mol. The molecule has 1 saturated heterocycles. The first-order chi connectivity index (χ1) is 9.39. The van der Waals surface area contributed by atoms with E-state index in [2.05, 4.69) is 15.6 Å². The van der Waals surface area contributed by atoms with Crippen molar-refractivity contribution in [3.05, 3.63) is 11.9 Å². The van der Waals surface area contributed by atoms with Gasteiger partial charge in [0, 0.05) is 0 Å². The number of alkyl carbamates (subject to hydrolysis) is 1. The van der Waals surface area contributed by atoms with E-state index in [4.69, 9.17) is 14.6 Å². The summed E-state index contributed by atoms with van der Waals surface area (Å²) in [4.78, 5) is 11.8. The van der Waals surface area contributed by atoms with Crippen molar-refractivity contribution in [3.63, 3.8) is 0 Å². The summed E-state index contributed by atoms with van der Waals surface area (Å²) < 4.78 is 12.2. The van der Waals surface area contributed by atoms with Crippen LogP contribution in [-0.2, 0) is 16.1 Å². The van der Waals surface area contributed by atoms with E-state index < -0.39 is 11.7 Å². The predicted octanol–water partition coefficient (Wildman–Crippen LogP) is 0.235. The highest BCUT2D eigenvalue weighted by Gasteiger charge is 2.33. The third kappa shape index (κ3) is 3.67. The van der Waals surface area contributed by atoms with Crippen molar-refractivity contribution in [3.8, 4) is 0 Å². The lowest BCUT2D eigenvalue weighted by molar-refractivity contribution is 0.0491. The monoisotopic (exact) mass is 284 g/mol. The Bertz CT molecular complexity index is 468. The standard InChI is InChI=1S/C12H20N4O4/c1-12(2,3)20-11(18)13-9-6-19-7-10(9)16-4-8(5-17)14-15-16/h4,9-10,17H,5-7H2,1-3H3,(H,13,18)/t9-,10+/m1/s1. The lowest BCUT2D eigenvalue weighted by Crippen LogP contribution is -2.43. The fourth-order valence-corrected chi connectivity index (χ4v) is 1.95. The zero-order valence-electron chi connectivity index (χ0n) is 11.9. The molecule has 0 spiro atoms.